The first-order valence-corrected chi connectivity index (χ1v) is 6.59. The van der Waals surface area contributed by atoms with Crippen LogP contribution in [0, 0.1) is 0 Å². The number of hydrogen-bond acceptors (Lipinski definition) is 0. The van der Waals surface area contributed by atoms with E-state index in [2.05, 4.69) is 48.6 Å². The molecule has 0 aromatic heterocycles. The molecular formula is C11H10Cl2Zr. The Bertz CT molecular complexity index is 317. The Balaban J connectivity index is 0.000000845. The Morgan fingerprint density at radius 2 is 1.71 bits per heavy atom. The molecule has 0 aliphatic heterocycles. The predicted octanol–water partition coefficient (Wildman–Crippen LogP) is -3.75. The van der Waals surface area contributed by atoms with E-state index in [1.807, 2.05) is 0 Å². The first-order chi connectivity index (χ1) is 5.95. The van der Waals surface area contributed by atoms with Crippen LogP contribution in [0.3, 0.4) is 0 Å². The molecule has 0 saturated heterocycles. The van der Waals surface area contributed by atoms with E-state index in [9.17, 15) is 0 Å². The molecule has 0 saturated carbocycles. The van der Waals surface area contributed by atoms with Gasteiger partial charge in [-0.1, -0.05) is 0 Å². The van der Waals surface area contributed by atoms with Gasteiger partial charge < -0.3 is 24.8 Å². The molecule has 1 aliphatic rings. The fourth-order valence-electron chi connectivity index (χ4n) is 1.25. The number of hydrogen-bond donors (Lipinski definition) is 0. The van der Waals surface area contributed by atoms with E-state index in [0.29, 0.717) is 0 Å². The molecule has 1 aromatic rings. The monoisotopic (exact) mass is 302 g/mol. The number of benzene rings is 1. The zero-order valence-corrected chi connectivity index (χ0v) is 11.6. The molecule has 1 aromatic carbocycles. The summed E-state index contributed by atoms with van der Waals surface area (Å²) in [6.45, 7) is 0. The van der Waals surface area contributed by atoms with Crippen LogP contribution in [0.15, 0.2) is 51.8 Å². The van der Waals surface area contributed by atoms with Crippen molar-refractivity contribution in [2.45, 2.75) is 6.42 Å². The maximum atomic E-state index is 2.29. The van der Waals surface area contributed by atoms with Crippen molar-refractivity contribution in [3.05, 3.63) is 51.8 Å². The van der Waals surface area contributed by atoms with Gasteiger partial charge in [0.2, 0.25) is 0 Å². The van der Waals surface area contributed by atoms with Gasteiger partial charge in [-0.3, -0.25) is 0 Å². The summed E-state index contributed by atoms with van der Waals surface area (Å²) in [4.78, 5) is 0. The Morgan fingerprint density at radius 1 is 1.00 bits per heavy atom. The van der Waals surface area contributed by atoms with Gasteiger partial charge in [0.15, 0.2) is 0 Å². The molecule has 0 fully saturated rings. The van der Waals surface area contributed by atoms with E-state index in [1.54, 1.807) is 6.55 Å². The minimum atomic E-state index is -0.414. The summed E-state index contributed by atoms with van der Waals surface area (Å²) in [5.41, 5.74) is 0. The Hall–Kier alpha value is 0.163. The van der Waals surface area contributed by atoms with Gasteiger partial charge in [0, 0.05) is 0 Å². The van der Waals surface area contributed by atoms with Gasteiger partial charge >= 0.3 is 84.8 Å². The van der Waals surface area contributed by atoms with E-state index >= 15 is 0 Å². The Labute approximate surface area is 109 Å². The molecule has 14 heavy (non-hydrogen) atoms. The molecule has 1 aliphatic carbocycles. The van der Waals surface area contributed by atoms with Gasteiger partial charge in [0.05, 0.1) is 0 Å². The number of rotatable bonds is 2. The van der Waals surface area contributed by atoms with Crippen LogP contribution in [0.4, 0.5) is 0 Å². The molecule has 0 bridgehead atoms. The van der Waals surface area contributed by atoms with Crippen LogP contribution in [0.2, 0.25) is 0 Å². The minimum Gasteiger partial charge on any atom is -1.00 e. The van der Waals surface area contributed by atoms with E-state index < -0.39 is 23.2 Å². The van der Waals surface area contributed by atoms with Crippen LogP contribution in [-0.2, 0) is 23.2 Å². The third kappa shape index (κ3) is 4.13. The topological polar surface area (TPSA) is 0 Å². The van der Waals surface area contributed by atoms with Crippen molar-refractivity contribution in [3.8, 4) is 0 Å². The standard InChI is InChI=1S/C6H5.C5H5.2ClH.Zr/c1-2-4-6-5-3-1;1-2-4-5-3-1;;;/h1-5H;1-3H,4H2;2*1H;/q;;;;+2/p-2. The van der Waals surface area contributed by atoms with Gasteiger partial charge in [0.25, 0.3) is 0 Å². The fraction of sp³-hybridized carbons (Fsp3) is 0.0909. The average Bonchev–Trinajstić information content (AvgIpc) is 2.59. The molecule has 0 atom stereocenters. The third-order valence-corrected chi connectivity index (χ3v) is 5.08. The number of allylic oxidation sites excluding steroid dienone is 4. The summed E-state index contributed by atoms with van der Waals surface area (Å²) in [5, 5.41) is 0. The van der Waals surface area contributed by atoms with Crippen molar-refractivity contribution in [2.24, 2.45) is 0 Å². The molecular weight excluding hydrogens is 294 g/mol. The Morgan fingerprint density at radius 3 is 2.29 bits per heavy atom. The van der Waals surface area contributed by atoms with Crippen molar-refractivity contribution < 1.29 is 48.0 Å². The summed E-state index contributed by atoms with van der Waals surface area (Å²) >= 11 is -0.414. The van der Waals surface area contributed by atoms with Crippen LogP contribution in [-0.4, -0.2) is 0 Å². The molecule has 2 rings (SSSR count). The second-order valence-corrected chi connectivity index (χ2v) is 6.43. The SMILES string of the molecule is C1=CC[C]([Zr+2][c]2ccccc2)=C1.[Cl-].[Cl-]. The molecule has 3 heteroatoms. The summed E-state index contributed by atoms with van der Waals surface area (Å²) in [5.74, 6) is 0. The van der Waals surface area contributed by atoms with Crippen molar-refractivity contribution in [1.82, 2.24) is 0 Å². The van der Waals surface area contributed by atoms with Crippen molar-refractivity contribution >= 4 is 3.27 Å². The summed E-state index contributed by atoms with van der Waals surface area (Å²) in [7, 11) is 0. The summed E-state index contributed by atoms with van der Waals surface area (Å²) < 4.78 is 3.26. The number of halogens is 2. The van der Waals surface area contributed by atoms with Gasteiger partial charge in [-0.25, -0.2) is 0 Å². The zero-order chi connectivity index (χ0) is 8.23. The quantitative estimate of drug-likeness (QED) is 0.527. The molecule has 0 heterocycles. The van der Waals surface area contributed by atoms with Crippen LogP contribution in [0.5, 0.6) is 0 Å². The summed E-state index contributed by atoms with van der Waals surface area (Å²) in [6.07, 6.45) is 7.93. The van der Waals surface area contributed by atoms with Crippen LogP contribution < -0.4 is 28.1 Å². The predicted molar refractivity (Wildman–Crippen MR) is 47.9 cm³/mol. The van der Waals surface area contributed by atoms with E-state index in [1.165, 1.54) is 6.42 Å². The molecule has 0 nitrogen and oxygen atoms in total. The van der Waals surface area contributed by atoms with Crippen LogP contribution >= 0.6 is 0 Å². The second kappa shape index (κ2) is 7.45. The van der Waals surface area contributed by atoms with E-state index in [0.717, 1.165) is 0 Å². The van der Waals surface area contributed by atoms with Gasteiger partial charge in [0.1, 0.15) is 0 Å². The van der Waals surface area contributed by atoms with Crippen molar-refractivity contribution in [2.75, 3.05) is 0 Å². The van der Waals surface area contributed by atoms with E-state index in [4.69, 9.17) is 0 Å². The summed E-state index contributed by atoms with van der Waals surface area (Å²) in [6, 6.07) is 10.9. The first-order valence-electron chi connectivity index (χ1n) is 4.13. The third-order valence-electron chi connectivity index (χ3n) is 1.85. The van der Waals surface area contributed by atoms with Crippen LogP contribution in [0.25, 0.3) is 0 Å². The smallest absolute Gasteiger partial charge is 1.00 e. The van der Waals surface area contributed by atoms with Crippen molar-refractivity contribution in [3.63, 3.8) is 0 Å². The van der Waals surface area contributed by atoms with Gasteiger partial charge in [-0.15, -0.1) is 0 Å². The van der Waals surface area contributed by atoms with Crippen LogP contribution in [0.1, 0.15) is 6.42 Å². The Kier molecular flexibility index (Phi) is 7.54. The second-order valence-electron chi connectivity index (χ2n) is 2.82. The van der Waals surface area contributed by atoms with Crippen molar-refractivity contribution in [1.29, 1.82) is 0 Å². The maximum Gasteiger partial charge on any atom is -1.00 e. The fourth-order valence-corrected chi connectivity index (χ4v) is 4.02. The maximum absolute atomic E-state index is 2.29. The average molecular weight is 304 g/mol. The largest absolute Gasteiger partial charge is 1.00 e. The van der Waals surface area contributed by atoms with E-state index in [-0.39, 0.29) is 24.8 Å². The molecule has 0 amide bonds. The van der Waals surface area contributed by atoms with Gasteiger partial charge in [-0.05, 0) is 0 Å². The zero-order valence-electron chi connectivity index (χ0n) is 7.58. The van der Waals surface area contributed by atoms with Gasteiger partial charge in [-0.2, -0.15) is 0 Å². The molecule has 0 N–H and O–H groups in total. The molecule has 0 spiro atoms. The molecule has 0 radical (unpaired) electrons. The molecule has 0 unspecified atom stereocenters. The first kappa shape index (κ1) is 14.2. The molecule has 72 valence electrons. The minimum absolute atomic E-state index is 0. The normalized spacial score (nSPS) is 12.1.